The van der Waals surface area contributed by atoms with Crippen LogP contribution in [0.3, 0.4) is 0 Å². The Morgan fingerprint density at radius 3 is 2.28 bits per heavy atom. The summed E-state index contributed by atoms with van der Waals surface area (Å²) in [7, 11) is 0. The summed E-state index contributed by atoms with van der Waals surface area (Å²) in [6, 6.07) is 7.30. The second-order valence-electron chi connectivity index (χ2n) is 5.05. The van der Waals surface area contributed by atoms with Crippen LogP contribution in [-0.4, -0.2) is 17.4 Å². The Bertz CT molecular complexity index is 460. The largest absolute Gasteiger partial charge is 0.370 e. The van der Waals surface area contributed by atoms with Gasteiger partial charge in [-0.2, -0.15) is 0 Å². The number of rotatable bonds is 2. The molecule has 0 aliphatic rings. The maximum atomic E-state index is 11.0. The smallest absolute Gasteiger partial charge is 0.221 e. The predicted octanol–water partition coefficient (Wildman–Crippen LogP) is 2.17. The number of nitrogens with one attached hydrogen (secondary N) is 2. The molecule has 0 aliphatic heterocycles. The van der Waals surface area contributed by atoms with Crippen LogP contribution in [0.1, 0.15) is 27.7 Å². The van der Waals surface area contributed by atoms with E-state index in [1.54, 1.807) is 6.07 Å². The normalized spacial score (nSPS) is 12.1. The van der Waals surface area contributed by atoms with Crippen molar-refractivity contribution in [2.24, 2.45) is 10.7 Å². The summed E-state index contributed by atoms with van der Waals surface area (Å²) in [4.78, 5) is 15.2. The molecule has 5 nitrogen and oxygen atoms in total. The average Bonchev–Trinajstić information content (AvgIpc) is 2.13. The maximum absolute atomic E-state index is 11.0. The fourth-order valence-corrected chi connectivity index (χ4v) is 1.42. The van der Waals surface area contributed by atoms with Crippen molar-refractivity contribution in [3.8, 4) is 0 Å². The molecule has 0 aromatic heterocycles. The molecule has 0 saturated heterocycles. The second-order valence-corrected chi connectivity index (χ2v) is 5.05. The molecular weight excluding hydrogens is 228 g/mol. The highest BCUT2D eigenvalue weighted by molar-refractivity contribution is 5.94. The van der Waals surface area contributed by atoms with Crippen molar-refractivity contribution in [3.05, 3.63) is 24.3 Å². The second kappa shape index (κ2) is 5.53. The molecule has 1 rings (SSSR count). The van der Waals surface area contributed by atoms with Crippen LogP contribution in [0.5, 0.6) is 0 Å². The number of anilines is 2. The number of hydrogen-bond donors (Lipinski definition) is 3. The van der Waals surface area contributed by atoms with Gasteiger partial charge in [-0.3, -0.25) is 4.79 Å². The van der Waals surface area contributed by atoms with Gasteiger partial charge in [0.25, 0.3) is 0 Å². The molecule has 1 aromatic rings. The van der Waals surface area contributed by atoms with E-state index >= 15 is 0 Å². The summed E-state index contributed by atoms with van der Waals surface area (Å²) in [5.41, 5.74) is 7.07. The molecule has 1 aromatic carbocycles. The Morgan fingerprint density at radius 2 is 1.78 bits per heavy atom. The lowest BCUT2D eigenvalue weighted by atomic mass is 10.1. The van der Waals surface area contributed by atoms with Gasteiger partial charge in [0.2, 0.25) is 5.91 Å². The fraction of sp³-hybridized carbons (Fsp3) is 0.385. The average molecular weight is 248 g/mol. The van der Waals surface area contributed by atoms with Gasteiger partial charge in [0.05, 0.1) is 5.54 Å². The minimum Gasteiger partial charge on any atom is -0.370 e. The van der Waals surface area contributed by atoms with E-state index in [1.165, 1.54) is 6.92 Å². The van der Waals surface area contributed by atoms with Crippen LogP contribution >= 0.6 is 0 Å². The predicted molar refractivity (Wildman–Crippen MR) is 75.7 cm³/mol. The Morgan fingerprint density at radius 1 is 1.22 bits per heavy atom. The molecule has 0 saturated carbocycles. The minimum atomic E-state index is -0.230. The first-order valence-corrected chi connectivity index (χ1v) is 5.76. The van der Waals surface area contributed by atoms with Gasteiger partial charge >= 0.3 is 0 Å². The van der Waals surface area contributed by atoms with Gasteiger partial charge < -0.3 is 16.4 Å². The van der Waals surface area contributed by atoms with Crippen molar-refractivity contribution < 1.29 is 4.79 Å². The van der Waals surface area contributed by atoms with Crippen LogP contribution in [0, 0.1) is 0 Å². The van der Waals surface area contributed by atoms with Crippen molar-refractivity contribution in [3.63, 3.8) is 0 Å². The molecule has 5 heteroatoms. The Labute approximate surface area is 107 Å². The van der Waals surface area contributed by atoms with Crippen LogP contribution < -0.4 is 16.4 Å². The molecule has 4 N–H and O–H groups in total. The molecule has 0 spiro atoms. The lowest BCUT2D eigenvalue weighted by Crippen LogP contribution is -2.27. The molecule has 0 atom stereocenters. The molecule has 0 aliphatic carbocycles. The first-order chi connectivity index (χ1) is 8.26. The van der Waals surface area contributed by atoms with Crippen LogP contribution in [0.25, 0.3) is 0 Å². The van der Waals surface area contributed by atoms with Gasteiger partial charge in [-0.15, -0.1) is 0 Å². The van der Waals surface area contributed by atoms with E-state index in [9.17, 15) is 4.79 Å². The zero-order chi connectivity index (χ0) is 13.8. The molecule has 1 amide bonds. The summed E-state index contributed by atoms with van der Waals surface area (Å²) in [5, 5.41) is 5.70. The number of guanidine groups is 1. The third-order valence-corrected chi connectivity index (χ3v) is 1.91. The first kappa shape index (κ1) is 14.0. The maximum Gasteiger partial charge on any atom is 0.221 e. The number of hydrogen-bond acceptors (Lipinski definition) is 2. The van der Waals surface area contributed by atoms with E-state index in [4.69, 9.17) is 5.73 Å². The van der Waals surface area contributed by atoms with E-state index < -0.39 is 0 Å². The lowest BCUT2D eigenvalue weighted by molar-refractivity contribution is -0.114. The van der Waals surface area contributed by atoms with Crippen molar-refractivity contribution >= 4 is 23.2 Å². The monoisotopic (exact) mass is 248 g/mol. The minimum absolute atomic E-state index is 0.108. The molecule has 0 bridgehead atoms. The highest BCUT2D eigenvalue weighted by Gasteiger charge is 2.08. The quantitative estimate of drug-likeness (QED) is 0.554. The number of aliphatic imine (C=N–C) groups is 1. The van der Waals surface area contributed by atoms with Gasteiger partial charge in [0.15, 0.2) is 5.96 Å². The molecule has 98 valence electrons. The van der Waals surface area contributed by atoms with E-state index in [1.807, 2.05) is 39.0 Å². The Hall–Kier alpha value is -2.04. The summed E-state index contributed by atoms with van der Waals surface area (Å²) in [6.07, 6.45) is 0. The van der Waals surface area contributed by atoms with E-state index in [0.29, 0.717) is 5.96 Å². The number of nitrogens with zero attached hydrogens (tertiary/aromatic N) is 1. The van der Waals surface area contributed by atoms with Crippen molar-refractivity contribution in [1.29, 1.82) is 0 Å². The molecule has 18 heavy (non-hydrogen) atoms. The van der Waals surface area contributed by atoms with Gasteiger partial charge in [-0.25, -0.2) is 4.99 Å². The van der Waals surface area contributed by atoms with E-state index in [0.717, 1.165) is 11.4 Å². The SMILES string of the molecule is CC(=O)Nc1cccc(NC(N)=NC(C)(C)C)c1. The number of carbonyl (C=O) groups is 1. The van der Waals surface area contributed by atoms with Gasteiger partial charge in [0.1, 0.15) is 0 Å². The van der Waals surface area contributed by atoms with Crippen molar-refractivity contribution in [1.82, 2.24) is 0 Å². The van der Waals surface area contributed by atoms with Crippen LogP contribution in [0.2, 0.25) is 0 Å². The zero-order valence-electron chi connectivity index (χ0n) is 11.2. The topological polar surface area (TPSA) is 79.5 Å². The third kappa shape index (κ3) is 5.34. The van der Waals surface area contributed by atoms with Crippen LogP contribution in [0.15, 0.2) is 29.3 Å². The summed E-state index contributed by atoms with van der Waals surface area (Å²) >= 11 is 0. The van der Waals surface area contributed by atoms with Crippen LogP contribution in [-0.2, 0) is 4.79 Å². The Balaban J connectivity index is 2.79. The summed E-state index contributed by atoms with van der Waals surface area (Å²) < 4.78 is 0. The molecular formula is C13H20N4O. The molecule has 0 heterocycles. The van der Waals surface area contributed by atoms with E-state index in [-0.39, 0.29) is 11.4 Å². The number of nitrogens with two attached hydrogens (primary N) is 1. The Kier molecular flexibility index (Phi) is 4.31. The van der Waals surface area contributed by atoms with Gasteiger partial charge in [-0.05, 0) is 39.0 Å². The fourth-order valence-electron chi connectivity index (χ4n) is 1.42. The highest BCUT2D eigenvalue weighted by Crippen LogP contribution is 2.15. The lowest BCUT2D eigenvalue weighted by Gasteiger charge is -2.15. The highest BCUT2D eigenvalue weighted by atomic mass is 16.1. The van der Waals surface area contributed by atoms with Gasteiger partial charge in [-0.1, -0.05) is 6.07 Å². The van der Waals surface area contributed by atoms with E-state index in [2.05, 4.69) is 15.6 Å². The third-order valence-electron chi connectivity index (χ3n) is 1.91. The first-order valence-electron chi connectivity index (χ1n) is 5.76. The molecule has 0 radical (unpaired) electrons. The van der Waals surface area contributed by atoms with Crippen LogP contribution in [0.4, 0.5) is 11.4 Å². The molecule has 0 fully saturated rings. The summed E-state index contributed by atoms with van der Waals surface area (Å²) in [5.74, 6) is 0.242. The molecule has 0 unspecified atom stereocenters. The zero-order valence-corrected chi connectivity index (χ0v) is 11.2. The van der Waals surface area contributed by atoms with Crippen molar-refractivity contribution in [2.45, 2.75) is 33.2 Å². The van der Waals surface area contributed by atoms with Gasteiger partial charge in [0, 0.05) is 18.3 Å². The number of amides is 1. The van der Waals surface area contributed by atoms with Crippen molar-refractivity contribution in [2.75, 3.05) is 10.6 Å². The number of carbonyl (C=O) groups excluding carboxylic acids is 1. The summed E-state index contributed by atoms with van der Waals surface area (Å²) in [6.45, 7) is 7.37. The number of benzene rings is 1. The standard InChI is InChI=1S/C13H20N4O/c1-9(18)15-10-6-5-7-11(8-10)16-12(14)17-13(2,3)4/h5-8H,1-4H3,(H,15,18)(H3,14,16,17).